The SMILES string of the molecule is CC[C@@H](C)NC(=O)[C@H](C)N(Cc1ccccc1)C(=O)Cc1ccc(F)cc1. The fraction of sp³-hybridized carbons (Fsp3) is 0.364. The second-order valence-corrected chi connectivity index (χ2v) is 6.80. The van der Waals surface area contributed by atoms with Gasteiger partial charge in [0.25, 0.3) is 0 Å². The summed E-state index contributed by atoms with van der Waals surface area (Å²) in [6.45, 7) is 6.02. The zero-order valence-electron chi connectivity index (χ0n) is 16.1. The highest BCUT2D eigenvalue weighted by molar-refractivity contribution is 5.88. The molecule has 0 fully saturated rings. The molecule has 144 valence electrons. The Hall–Kier alpha value is -2.69. The highest BCUT2D eigenvalue weighted by atomic mass is 19.1. The molecule has 0 aliphatic rings. The molecule has 0 radical (unpaired) electrons. The predicted molar refractivity (Wildman–Crippen MR) is 104 cm³/mol. The zero-order chi connectivity index (χ0) is 19.8. The lowest BCUT2D eigenvalue weighted by Crippen LogP contribution is -2.49. The first-order valence-corrected chi connectivity index (χ1v) is 9.29. The van der Waals surface area contributed by atoms with Gasteiger partial charge in [0.05, 0.1) is 6.42 Å². The maximum atomic E-state index is 13.1. The van der Waals surface area contributed by atoms with Crippen LogP contribution in [-0.4, -0.2) is 28.8 Å². The summed E-state index contributed by atoms with van der Waals surface area (Å²) in [6, 6.07) is 14.9. The topological polar surface area (TPSA) is 49.4 Å². The first kappa shape index (κ1) is 20.6. The second kappa shape index (κ2) is 9.86. The van der Waals surface area contributed by atoms with Crippen molar-refractivity contribution in [3.8, 4) is 0 Å². The van der Waals surface area contributed by atoms with Crippen LogP contribution in [0, 0.1) is 5.82 Å². The van der Waals surface area contributed by atoms with Gasteiger partial charge in [0, 0.05) is 12.6 Å². The van der Waals surface area contributed by atoms with E-state index >= 15 is 0 Å². The van der Waals surface area contributed by atoms with Gasteiger partial charge in [0.15, 0.2) is 0 Å². The van der Waals surface area contributed by atoms with Gasteiger partial charge >= 0.3 is 0 Å². The number of nitrogens with one attached hydrogen (secondary N) is 1. The van der Waals surface area contributed by atoms with Gasteiger partial charge in [0.1, 0.15) is 11.9 Å². The van der Waals surface area contributed by atoms with Crippen molar-refractivity contribution >= 4 is 11.8 Å². The Morgan fingerprint density at radius 2 is 1.63 bits per heavy atom. The summed E-state index contributed by atoms with van der Waals surface area (Å²) in [5, 5.41) is 2.94. The van der Waals surface area contributed by atoms with Gasteiger partial charge in [-0.05, 0) is 43.5 Å². The number of carbonyl (C=O) groups excluding carboxylic acids is 2. The summed E-state index contributed by atoms with van der Waals surface area (Å²) in [5.41, 5.74) is 1.67. The molecule has 0 aromatic heterocycles. The van der Waals surface area contributed by atoms with Crippen LogP contribution in [-0.2, 0) is 22.6 Å². The summed E-state index contributed by atoms with van der Waals surface area (Å²) in [7, 11) is 0. The van der Waals surface area contributed by atoms with E-state index in [0.29, 0.717) is 12.1 Å². The fourth-order valence-electron chi connectivity index (χ4n) is 2.71. The Morgan fingerprint density at radius 3 is 2.22 bits per heavy atom. The van der Waals surface area contributed by atoms with Crippen LogP contribution in [0.3, 0.4) is 0 Å². The Kier molecular flexibility index (Phi) is 7.53. The normalized spacial score (nSPS) is 12.9. The molecule has 0 aliphatic carbocycles. The lowest BCUT2D eigenvalue weighted by atomic mass is 10.1. The molecule has 0 unspecified atom stereocenters. The maximum Gasteiger partial charge on any atom is 0.242 e. The average molecular weight is 370 g/mol. The second-order valence-electron chi connectivity index (χ2n) is 6.80. The van der Waals surface area contributed by atoms with Crippen molar-refractivity contribution in [1.29, 1.82) is 0 Å². The molecule has 2 amide bonds. The van der Waals surface area contributed by atoms with Crippen molar-refractivity contribution in [3.63, 3.8) is 0 Å². The van der Waals surface area contributed by atoms with E-state index in [2.05, 4.69) is 5.32 Å². The van der Waals surface area contributed by atoms with Gasteiger partial charge in [-0.1, -0.05) is 49.4 Å². The van der Waals surface area contributed by atoms with Crippen molar-refractivity contribution in [2.75, 3.05) is 0 Å². The van der Waals surface area contributed by atoms with Gasteiger partial charge < -0.3 is 10.2 Å². The maximum absolute atomic E-state index is 13.1. The van der Waals surface area contributed by atoms with Crippen LogP contribution in [0.2, 0.25) is 0 Å². The minimum atomic E-state index is -0.604. The van der Waals surface area contributed by atoms with Gasteiger partial charge in [-0.25, -0.2) is 4.39 Å². The zero-order valence-corrected chi connectivity index (χ0v) is 16.1. The molecule has 5 heteroatoms. The molecule has 27 heavy (non-hydrogen) atoms. The first-order chi connectivity index (χ1) is 12.9. The number of carbonyl (C=O) groups is 2. The Balaban J connectivity index is 2.18. The van der Waals surface area contributed by atoms with Crippen LogP contribution in [0.1, 0.15) is 38.3 Å². The van der Waals surface area contributed by atoms with Crippen molar-refractivity contribution in [2.24, 2.45) is 0 Å². The quantitative estimate of drug-likeness (QED) is 0.770. The molecule has 0 bridgehead atoms. The fourth-order valence-corrected chi connectivity index (χ4v) is 2.71. The van der Waals surface area contributed by atoms with Crippen molar-refractivity contribution in [3.05, 3.63) is 71.5 Å². The van der Waals surface area contributed by atoms with Crippen LogP contribution >= 0.6 is 0 Å². The molecular formula is C22H27FN2O2. The van der Waals surface area contributed by atoms with Crippen molar-refractivity contribution in [2.45, 2.75) is 52.2 Å². The monoisotopic (exact) mass is 370 g/mol. The molecular weight excluding hydrogens is 343 g/mol. The molecule has 4 nitrogen and oxygen atoms in total. The number of halogens is 1. The van der Waals surface area contributed by atoms with Crippen molar-refractivity contribution in [1.82, 2.24) is 10.2 Å². The molecule has 0 aliphatic heterocycles. The molecule has 2 rings (SSSR count). The Morgan fingerprint density at radius 1 is 1.00 bits per heavy atom. The molecule has 0 saturated heterocycles. The van der Waals surface area contributed by atoms with Gasteiger partial charge in [0.2, 0.25) is 11.8 Å². The van der Waals surface area contributed by atoms with E-state index < -0.39 is 6.04 Å². The number of nitrogens with zero attached hydrogens (tertiary/aromatic N) is 1. The molecule has 2 aromatic carbocycles. The summed E-state index contributed by atoms with van der Waals surface area (Å²) in [5.74, 6) is -0.682. The number of amides is 2. The molecule has 2 atom stereocenters. The van der Waals surface area contributed by atoms with Crippen LogP contribution < -0.4 is 5.32 Å². The standard InChI is InChI=1S/C22H27FN2O2/c1-4-16(2)24-22(27)17(3)25(15-19-8-6-5-7-9-19)21(26)14-18-10-12-20(23)13-11-18/h5-13,16-17H,4,14-15H2,1-3H3,(H,24,27)/t16-,17+/m1/s1. The average Bonchev–Trinajstić information content (AvgIpc) is 2.67. The van der Waals surface area contributed by atoms with Gasteiger partial charge in [-0.3, -0.25) is 9.59 Å². The molecule has 0 heterocycles. The predicted octanol–water partition coefficient (Wildman–Crippen LogP) is 3.70. The van der Waals surface area contributed by atoms with Crippen LogP contribution in [0.4, 0.5) is 4.39 Å². The minimum Gasteiger partial charge on any atom is -0.352 e. The lowest BCUT2D eigenvalue weighted by Gasteiger charge is -2.29. The number of hydrogen-bond acceptors (Lipinski definition) is 2. The smallest absolute Gasteiger partial charge is 0.242 e. The van der Waals surface area contributed by atoms with E-state index in [9.17, 15) is 14.0 Å². The van der Waals surface area contributed by atoms with Crippen LogP contribution in [0.25, 0.3) is 0 Å². The van der Waals surface area contributed by atoms with Crippen molar-refractivity contribution < 1.29 is 14.0 Å². The summed E-state index contributed by atoms with van der Waals surface area (Å²) in [4.78, 5) is 27.1. The molecule has 0 spiro atoms. The molecule has 0 saturated carbocycles. The third kappa shape index (κ3) is 6.20. The number of hydrogen-bond donors (Lipinski definition) is 1. The van der Waals surface area contributed by atoms with Crippen LogP contribution in [0.5, 0.6) is 0 Å². The minimum absolute atomic E-state index is 0.0470. The molecule has 1 N–H and O–H groups in total. The first-order valence-electron chi connectivity index (χ1n) is 9.29. The van der Waals surface area contributed by atoms with E-state index in [1.54, 1.807) is 24.0 Å². The van der Waals surface area contributed by atoms with E-state index in [1.165, 1.54) is 12.1 Å². The van der Waals surface area contributed by atoms with Gasteiger partial charge in [-0.15, -0.1) is 0 Å². The number of benzene rings is 2. The third-order valence-electron chi connectivity index (χ3n) is 4.63. The molecule has 2 aromatic rings. The summed E-state index contributed by atoms with van der Waals surface area (Å²) >= 11 is 0. The largest absolute Gasteiger partial charge is 0.352 e. The van der Waals surface area contributed by atoms with Gasteiger partial charge in [-0.2, -0.15) is 0 Å². The van der Waals surface area contributed by atoms with Crippen LogP contribution in [0.15, 0.2) is 54.6 Å². The van der Waals surface area contributed by atoms with E-state index in [1.807, 2.05) is 44.2 Å². The van der Waals surface area contributed by atoms with E-state index in [4.69, 9.17) is 0 Å². The summed E-state index contributed by atoms with van der Waals surface area (Å²) in [6.07, 6.45) is 0.939. The lowest BCUT2D eigenvalue weighted by molar-refractivity contribution is -0.140. The Bertz CT molecular complexity index is 747. The highest BCUT2D eigenvalue weighted by Gasteiger charge is 2.26. The van der Waals surface area contributed by atoms with E-state index in [-0.39, 0.29) is 30.1 Å². The highest BCUT2D eigenvalue weighted by Crippen LogP contribution is 2.13. The number of rotatable bonds is 8. The van der Waals surface area contributed by atoms with E-state index in [0.717, 1.165) is 12.0 Å². The Labute approximate surface area is 160 Å². The summed E-state index contributed by atoms with van der Waals surface area (Å²) < 4.78 is 13.1. The third-order valence-corrected chi connectivity index (χ3v) is 4.63.